The lowest BCUT2D eigenvalue weighted by molar-refractivity contribution is 0.516. The van der Waals surface area contributed by atoms with E-state index in [1.54, 1.807) is 0 Å². The van der Waals surface area contributed by atoms with Gasteiger partial charge in [0.1, 0.15) is 0 Å². The molecule has 0 aromatic carbocycles. The zero-order chi connectivity index (χ0) is 15.6. The average molecular weight is 308 g/mol. The summed E-state index contributed by atoms with van der Waals surface area (Å²) in [5.74, 6) is 5.76. The summed E-state index contributed by atoms with van der Waals surface area (Å²) in [6.07, 6.45) is 0.687. The lowest BCUT2D eigenvalue weighted by Crippen LogP contribution is -2.30. The number of hydrazine groups is 1. The van der Waals surface area contributed by atoms with E-state index in [1.165, 1.54) is 0 Å². The van der Waals surface area contributed by atoms with E-state index in [-0.39, 0.29) is 6.04 Å². The zero-order valence-electron chi connectivity index (χ0n) is 12.9. The summed E-state index contributed by atoms with van der Waals surface area (Å²) >= 11 is 6.38. The first-order chi connectivity index (χ1) is 9.96. The van der Waals surface area contributed by atoms with Gasteiger partial charge in [0.15, 0.2) is 0 Å². The molecule has 0 fully saturated rings. The summed E-state index contributed by atoms with van der Waals surface area (Å²) in [4.78, 5) is 4.40. The first kappa shape index (κ1) is 15.9. The Hall–Kier alpha value is -1.43. The number of nitrogens with one attached hydrogen (secondary N) is 1. The van der Waals surface area contributed by atoms with Crippen LogP contribution in [0.15, 0.2) is 12.1 Å². The van der Waals surface area contributed by atoms with E-state index < -0.39 is 0 Å². The molecule has 0 aliphatic heterocycles. The van der Waals surface area contributed by atoms with Crippen molar-refractivity contribution in [2.75, 3.05) is 0 Å². The van der Waals surface area contributed by atoms with Crippen LogP contribution in [-0.2, 0) is 13.0 Å². The highest BCUT2D eigenvalue weighted by Gasteiger charge is 2.19. The Morgan fingerprint density at radius 1 is 1.29 bits per heavy atom. The van der Waals surface area contributed by atoms with Crippen LogP contribution in [-0.4, -0.2) is 14.8 Å². The van der Waals surface area contributed by atoms with Crippen molar-refractivity contribution in [1.82, 2.24) is 20.2 Å². The molecule has 0 amide bonds. The first-order valence-electron chi connectivity index (χ1n) is 7.09. The molecule has 114 valence electrons. The molecule has 0 saturated carbocycles. The van der Waals surface area contributed by atoms with Crippen LogP contribution in [0.25, 0.3) is 0 Å². The van der Waals surface area contributed by atoms with Gasteiger partial charge < -0.3 is 0 Å². The maximum absolute atomic E-state index is 6.38. The predicted molar refractivity (Wildman–Crippen MR) is 85.1 cm³/mol. The van der Waals surface area contributed by atoms with Crippen LogP contribution in [0.5, 0.6) is 0 Å². The third-order valence-electron chi connectivity index (χ3n) is 3.56. The molecule has 0 radical (unpaired) electrons. The van der Waals surface area contributed by atoms with Gasteiger partial charge in [0.25, 0.3) is 0 Å². The van der Waals surface area contributed by atoms with Crippen LogP contribution >= 0.6 is 11.6 Å². The maximum Gasteiger partial charge on any atom is 0.0847 e. The normalized spacial score (nSPS) is 12.7. The lowest BCUT2D eigenvalue weighted by atomic mass is 10.0. The van der Waals surface area contributed by atoms with E-state index in [1.807, 2.05) is 37.6 Å². The van der Waals surface area contributed by atoms with E-state index in [4.69, 9.17) is 17.4 Å². The molecule has 3 N–H and O–H groups in total. The Balaban J connectivity index is 2.35. The molecule has 6 heteroatoms. The smallest absolute Gasteiger partial charge is 0.0847 e. The van der Waals surface area contributed by atoms with Gasteiger partial charge in [-0.3, -0.25) is 20.9 Å². The van der Waals surface area contributed by atoms with Gasteiger partial charge in [-0.25, -0.2) is 0 Å². The molecule has 1 unspecified atom stereocenters. The average Bonchev–Trinajstić information content (AvgIpc) is 2.70. The van der Waals surface area contributed by atoms with Crippen LogP contribution in [0.2, 0.25) is 5.02 Å². The molecule has 0 saturated heterocycles. The van der Waals surface area contributed by atoms with E-state index in [2.05, 4.69) is 22.4 Å². The monoisotopic (exact) mass is 307 g/mol. The third kappa shape index (κ3) is 3.43. The molecule has 0 spiro atoms. The molecule has 0 aliphatic rings. The Kier molecular flexibility index (Phi) is 4.98. The fourth-order valence-corrected chi connectivity index (χ4v) is 2.81. The van der Waals surface area contributed by atoms with Crippen molar-refractivity contribution in [2.24, 2.45) is 5.84 Å². The topological polar surface area (TPSA) is 68.8 Å². The van der Waals surface area contributed by atoms with Gasteiger partial charge in [0, 0.05) is 24.4 Å². The van der Waals surface area contributed by atoms with E-state index in [0.717, 1.165) is 39.9 Å². The number of aromatic nitrogens is 3. The van der Waals surface area contributed by atoms with Gasteiger partial charge in [0.05, 0.1) is 22.5 Å². The summed E-state index contributed by atoms with van der Waals surface area (Å²) in [6, 6.07) is 4.07. The number of nitrogens with zero attached hydrogens (tertiary/aromatic N) is 3. The number of halogens is 1. The van der Waals surface area contributed by atoms with Gasteiger partial charge in [0.2, 0.25) is 0 Å². The minimum atomic E-state index is -0.0238. The molecule has 2 rings (SSSR count). The van der Waals surface area contributed by atoms with Crippen LogP contribution in [0, 0.1) is 20.8 Å². The zero-order valence-corrected chi connectivity index (χ0v) is 13.7. The molecule has 2 aromatic heterocycles. The molecule has 0 aliphatic carbocycles. The minimum Gasteiger partial charge on any atom is -0.271 e. The van der Waals surface area contributed by atoms with Gasteiger partial charge in [-0.15, -0.1) is 0 Å². The molecule has 2 aromatic rings. The standard InChI is InChI=1S/C15H22ClN5/c1-5-21-14(15(16)11(4)20-21)8-13(19-17)12-6-9(2)18-10(3)7-12/h6-7,13,19H,5,8,17H2,1-4H3. The van der Waals surface area contributed by atoms with Crippen LogP contribution in [0.3, 0.4) is 0 Å². The summed E-state index contributed by atoms with van der Waals surface area (Å²) in [6.45, 7) is 8.73. The highest BCUT2D eigenvalue weighted by molar-refractivity contribution is 6.31. The third-order valence-corrected chi connectivity index (χ3v) is 4.05. The van der Waals surface area contributed by atoms with Gasteiger partial charge in [-0.1, -0.05) is 11.6 Å². The van der Waals surface area contributed by atoms with Crippen LogP contribution in [0.1, 0.15) is 41.3 Å². The summed E-state index contributed by atoms with van der Waals surface area (Å²) in [5, 5.41) is 5.17. The highest BCUT2D eigenvalue weighted by Crippen LogP contribution is 2.26. The van der Waals surface area contributed by atoms with Crippen molar-refractivity contribution in [3.63, 3.8) is 0 Å². The van der Waals surface area contributed by atoms with Gasteiger partial charge >= 0.3 is 0 Å². The van der Waals surface area contributed by atoms with E-state index >= 15 is 0 Å². The molecule has 2 heterocycles. The van der Waals surface area contributed by atoms with Crippen LogP contribution in [0.4, 0.5) is 0 Å². The summed E-state index contributed by atoms with van der Waals surface area (Å²) < 4.78 is 1.93. The van der Waals surface area contributed by atoms with Crippen molar-refractivity contribution < 1.29 is 0 Å². The Bertz CT molecular complexity index is 615. The Morgan fingerprint density at radius 2 is 1.90 bits per heavy atom. The van der Waals surface area contributed by atoms with Crippen molar-refractivity contribution >= 4 is 11.6 Å². The van der Waals surface area contributed by atoms with Crippen LogP contribution < -0.4 is 11.3 Å². The fraction of sp³-hybridized carbons (Fsp3) is 0.467. The number of aryl methyl sites for hydroxylation is 4. The number of pyridine rings is 1. The maximum atomic E-state index is 6.38. The van der Waals surface area contributed by atoms with Crippen molar-refractivity contribution in [2.45, 2.75) is 46.7 Å². The highest BCUT2D eigenvalue weighted by atomic mass is 35.5. The van der Waals surface area contributed by atoms with Gasteiger partial charge in [-0.05, 0) is 45.4 Å². The molecule has 1 atom stereocenters. The number of nitrogens with two attached hydrogens (primary N) is 1. The molecule has 21 heavy (non-hydrogen) atoms. The fourth-order valence-electron chi connectivity index (χ4n) is 2.60. The predicted octanol–water partition coefficient (Wildman–Crippen LogP) is 2.62. The quantitative estimate of drug-likeness (QED) is 0.658. The van der Waals surface area contributed by atoms with E-state index in [9.17, 15) is 0 Å². The lowest BCUT2D eigenvalue weighted by Gasteiger charge is -2.18. The van der Waals surface area contributed by atoms with Crippen molar-refractivity contribution in [1.29, 1.82) is 0 Å². The second-order valence-corrected chi connectivity index (χ2v) is 5.65. The first-order valence-corrected chi connectivity index (χ1v) is 7.47. The molecule has 5 nitrogen and oxygen atoms in total. The van der Waals surface area contributed by atoms with Gasteiger partial charge in [-0.2, -0.15) is 5.10 Å². The number of rotatable bonds is 5. The second kappa shape index (κ2) is 6.56. The summed E-state index contributed by atoms with van der Waals surface area (Å²) in [7, 11) is 0. The Morgan fingerprint density at radius 3 is 2.43 bits per heavy atom. The largest absolute Gasteiger partial charge is 0.271 e. The second-order valence-electron chi connectivity index (χ2n) is 5.27. The van der Waals surface area contributed by atoms with Crippen molar-refractivity contribution in [3.8, 4) is 0 Å². The SMILES string of the molecule is CCn1nc(C)c(Cl)c1CC(NN)c1cc(C)nc(C)c1. The van der Waals surface area contributed by atoms with E-state index in [0.29, 0.717) is 6.42 Å². The molecule has 0 bridgehead atoms. The number of hydrogen-bond acceptors (Lipinski definition) is 4. The summed E-state index contributed by atoms with van der Waals surface area (Å²) in [5.41, 5.74) is 7.82. The molecular weight excluding hydrogens is 286 g/mol. The Labute approximate surface area is 130 Å². The molecular formula is C15H22ClN5. The van der Waals surface area contributed by atoms with Crippen molar-refractivity contribution in [3.05, 3.63) is 45.5 Å². The number of hydrogen-bond donors (Lipinski definition) is 2. The minimum absolute atomic E-state index is 0.0238.